The second kappa shape index (κ2) is 4.55. The molecule has 0 bridgehead atoms. The summed E-state index contributed by atoms with van der Waals surface area (Å²) < 4.78 is 36.0. The second-order valence-corrected chi connectivity index (χ2v) is 3.58. The Hall–Kier alpha value is -1.52. The standard InChI is InChI=1S/C11H12F3NO/c1-8-4-3-5-9(6-8)15(2)10(16)7-11(12,13)14/h3-6H,7H2,1-2H3. The van der Waals surface area contributed by atoms with E-state index in [-0.39, 0.29) is 0 Å². The van der Waals surface area contributed by atoms with Gasteiger partial charge in [-0.25, -0.2) is 0 Å². The summed E-state index contributed by atoms with van der Waals surface area (Å²) in [6, 6.07) is 6.77. The van der Waals surface area contributed by atoms with E-state index in [4.69, 9.17) is 0 Å². The highest BCUT2D eigenvalue weighted by atomic mass is 19.4. The van der Waals surface area contributed by atoms with E-state index in [2.05, 4.69) is 0 Å². The predicted molar refractivity (Wildman–Crippen MR) is 55.3 cm³/mol. The third kappa shape index (κ3) is 3.56. The molecule has 0 heterocycles. The van der Waals surface area contributed by atoms with E-state index in [0.29, 0.717) is 5.69 Å². The van der Waals surface area contributed by atoms with E-state index in [1.165, 1.54) is 7.05 Å². The van der Waals surface area contributed by atoms with Gasteiger partial charge in [-0.1, -0.05) is 12.1 Å². The maximum Gasteiger partial charge on any atom is 0.397 e. The Labute approximate surface area is 91.7 Å². The smallest absolute Gasteiger partial charge is 0.315 e. The molecular formula is C11H12F3NO. The molecule has 0 aromatic heterocycles. The third-order valence-electron chi connectivity index (χ3n) is 2.11. The van der Waals surface area contributed by atoms with Crippen LogP contribution in [0.15, 0.2) is 24.3 Å². The van der Waals surface area contributed by atoms with E-state index in [1.807, 2.05) is 13.0 Å². The average molecular weight is 231 g/mol. The summed E-state index contributed by atoms with van der Waals surface area (Å²) in [5.41, 5.74) is 1.36. The molecule has 1 aromatic carbocycles. The minimum atomic E-state index is -4.46. The second-order valence-electron chi connectivity index (χ2n) is 3.58. The molecule has 1 amide bonds. The first-order valence-electron chi connectivity index (χ1n) is 4.69. The summed E-state index contributed by atoms with van der Waals surface area (Å²) in [6.45, 7) is 1.81. The van der Waals surface area contributed by atoms with Gasteiger partial charge >= 0.3 is 6.18 Å². The molecule has 0 unspecified atom stereocenters. The fraction of sp³-hybridized carbons (Fsp3) is 0.364. The molecule has 0 N–H and O–H groups in total. The van der Waals surface area contributed by atoms with E-state index in [1.54, 1.807) is 18.2 Å². The first-order valence-corrected chi connectivity index (χ1v) is 4.69. The zero-order valence-corrected chi connectivity index (χ0v) is 9.01. The largest absolute Gasteiger partial charge is 0.397 e. The number of carbonyl (C=O) groups is 1. The van der Waals surface area contributed by atoms with E-state index >= 15 is 0 Å². The van der Waals surface area contributed by atoms with Crippen LogP contribution in [0.4, 0.5) is 18.9 Å². The number of anilines is 1. The van der Waals surface area contributed by atoms with Crippen molar-refractivity contribution >= 4 is 11.6 Å². The number of hydrogen-bond acceptors (Lipinski definition) is 1. The molecule has 0 aliphatic heterocycles. The van der Waals surface area contributed by atoms with E-state index in [9.17, 15) is 18.0 Å². The van der Waals surface area contributed by atoms with Gasteiger partial charge in [0.05, 0.1) is 0 Å². The van der Waals surface area contributed by atoms with Gasteiger partial charge in [0.15, 0.2) is 0 Å². The molecule has 1 aromatic rings. The van der Waals surface area contributed by atoms with Gasteiger partial charge in [-0.2, -0.15) is 13.2 Å². The molecule has 0 fully saturated rings. The van der Waals surface area contributed by atoms with Gasteiger partial charge in [0.1, 0.15) is 6.42 Å². The van der Waals surface area contributed by atoms with Crippen molar-refractivity contribution < 1.29 is 18.0 Å². The molecule has 0 atom stereocenters. The highest BCUT2D eigenvalue weighted by Crippen LogP contribution is 2.23. The summed E-state index contributed by atoms with van der Waals surface area (Å²) in [6.07, 6.45) is -5.90. The molecule has 1 rings (SSSR count). The Morgan fingerprint density at radius 2 is 2.00 bits per heavy atom. The lowest BCUT2D eigenvalue weighted by Gasteiger charge is -2.18. The van der Waals surface area contributed by atoms with Crippen LogP contribution in [-0.4, -0.2) is 19.1 Å². The minimum Gasteiger partial charge on any atom is -0.315 e. The van der Waals surface area contributed by atoms with Crippen molar-refractivity contribution in [3.63, 3.8) is 0 Å². The maximum atomic E-state index is 12.0. The lowest BCUT2D eigenvalue weighted by molar-refractivity contribution is -0.151. The molecule has 16 heavy (non-hydrogen) atoms. The Bertz CT molecular complexity index is 387. The fourth-order valence-electron chi connectivity index (χ4n) is 1.27. The molecule has 88 valence electrons. The SMILES string of the molecule is Cc1cccc(N(C)C(=O)CC(F)(F)F)c1. The normalized spacial score (nSPS) is 11.3. The van der Waals surface area contributed by atoms with Gasteiger partial charge in [0.2, 0.25) is 5.91 Å². The highest BCUT2D eigenvalue weighted by molar-refractivity contribution is 5.93. The third-order valence-corrected chi connectivity index (χ3v) is 2.11. The van der Waals surface area contributed by atoms with Crippen LogP contribution in [0, 0.1) is 6.92 Å². The van der Waals surface area contributed by atoms with Crippen molar-refractivity contribution in [3.05, 3.63) is 29.8 Å². The number of aryl methyl sites for hydroxylation is 1. The molecule has 0 saturated heterocycles. The maximum absolute atomic E-state index is 12.0. The summed E-state index contributed by atoms with van der Waals surface area (Å²) in [5.74, 6) is -0.960. The van der Waals surface area contributed by atoms with Gasteiger partial charge in [-0.05, 0) is 24.6 Å². The zero-order chi connectivity index (χ0) is 12.3. The van der Waals surface area contributed by atoms with Crippen LogP contribution < -0.4 is 4.90 Å². The monoisotopic (exact) mass is 231 g/mol. The first-order chi connectivity index (χ1) is 7.29. The Morgan fingerprint density at radius 3 is 2.50 bits per heavy atom. The van der Waals surface area contributed by atoms with Gasteiger partial charge < -0.3 is 4.90 Å². The van der Waals surface area contributed by atoms with Crippen molar-refractivity contribution in [1.29, 1.82) is 0 Å². The average Bonchev–Trinajstić information content (AvgIpc) is 2.14. The topological polar surface area (TPSA) is 20.3 Å². The zero-order valence-electron chi connectivity index (χ0n) is 9.01. The van der Waals surface area contributed by atoms with Crippen LogP contribution in [0.25, 0.3) is 0 Å². The molecule has 0 saturated carbocycles. The summed E-state index contributed by atoms with van der Waals surface area (Å²) >= 11 is 0. The van der Waals surface area contributed by atoms with Crippen LogP contribution in [0.1, 0.15) is 12.0 Å². The number of nitrogens with zero attached hydrogens (tertiary/aromatic N) is 1. The first kappa shape index (κ1) is 12.5. The van der Waals surface area contributed by atoms with E-state index < -0.39 is 18.5 Å². The van der Waals surface area contributed by atoms with Gasteiger partial charge in [0.25, 0.3) is 0 Å². The summed E-state index contributed by atoms with van der Waals surface area (Å²) in [7, 11) is 1.34. The lowest BCUT2D eigenvalue weighted by atomic mass is 10.2. The van der Waals surface area contributed by atoms with Crippen LogP contribution >= 0.6 is 0 Å². The van der Waals surface area contributed by atoms with Crippen molar-refractivity contribution in [2.45, 2.75) is 19.5 Å². The van der Waals surface area contributed by atoms with Gasteiger partial charge in [-0.3, -0.25) is 4.79 Å². The Balaban J connectivity index is 2.78. The molecular weight excluding hydrogens is 219 g/mol. The predicted octanol–water partition coefficient (Wildman–Crippen LogP) is 2.91. The summed E-state index contributed by atoms with van der Waals surface area (Å²) in [5, 5.41) is 0. The van der Waals surface area contributed by atoms with Crippen LogP contribution in [0.3, 0.4) is 0 Å². The van der Waals surface area contributed by atoms with Crippen molar-refractivity contribution in [1.82, 2.24) is 0 Å². The quantitative estimate of drug-likeness (QED) is 0.766. The molecule has 0 aliphatic carbocycles. The Morgan fingerprint density at radius 1 is 1.38 bits per heavy atom. The van der Waals surface area contributed by atoms with Crippen molar-refractivity contribution in [2.24, 2.45) is 0 Å². The lowest BCUT2D eigenvalue weighted by Crippen LogP contribution is -2.30. The number of hydrogen-bond donors (Lipinski definition) is 0. The highest BCUT2D eigenvalue weighted by Gasteiger charge is 2.32. The van der Waals surface area contributed by atoms with Crippen LogP contribution in [-0.2, 0) is 4.79 Å². The van der Waals surface area contributed by atoms with Crippen LogP contribution in [0.2, 0.25) is 0 Å². The van der Waals surface area contributed by atoms with Crippen molar-refractivity contribution in [3.8, 4) is 0 Å². The van der Waals surface area contributed by atoms with E-state index in [0.717, 1.165) is 10.5 Å². The number of benzene rings is 1. The number of carbonyl (C=O) groups excluding carboxylic acids is 1. The number of halogens is 3. The number of alkyl halides is 3. The molecule has 0 aliphatic rings. The van der Waals surface area contributed by atoms with Crippen molar-refractivity contribution in [2.75, 3.05) is 11.9 Å². The Kier molecular flexibility index (Phi) is 3.57. The number of amides is 1. The molecule has 0 radical (unpaired) electrons. The summed E-state index contributed by atoms with van der Waals surface area (Å²) in [4.78, 5) is 12.3. The molecule has 5 heteroatoms. The fourth-order valence-corrected chi connectivity index (χ4v) is 1.27. The number of rotatable bonds is 2. The molecule has 2 nitrogen and oxygen atoms in total. The minimum absolute atomic E-state index is 0.467. The molecule has 0 spiro atoms. The van der Waals surface area contributed by atoms with Gasteiger partial charge in [0, 0.05) is 12.7 Å². The van der Waals surface area contributed by atoms with Gasteiger partial charge in [-0.15, -0.1) is 0 Å². The van der Waals surface area contributed by atoms with Crippen LogP contribution in [0.5, 0.6) is 0 Å².